The Bertz CT molecular complexity index is 2340. The predicted molar refractivity (Wildman–Crippen MR) is 197 cm³/mol. The number of carbonyl (C=O) groups is 1. The fourth-order valence-electron chi connectivity index (χ4n) is 8.13. The van der Waals surface area contributed by atoms with E-state index in [-0.39, 0.29) is 41.2 Å². The highest BCUT2D eigenvalue weighted by atomic mass is 19.1. The predicted octanol–water partition coefficient (Wildman–Crippen LogP) is 6.36. The van der Waals surface area contributed by atoms with Crippen molar-refractivity contribution in [1.82, 2.24) is 29.7 Å². The van der Waals surface area contributed by atoms with Crippen molar-refractivity contribution in [2.45, 2.75) is 37.4 Å². The van der Waals surface area contributed by atoms with Crippen LogP contribution >= 0.6 is 0 Å². The summed E-state index contributed by atoms with van der Waals surface area (Å²) in [6.45, 7) is 2.38. The van der Waals surface area contributed by atoms with Gasteiger partial charge in [-0.05, 0) is 61.0 Å². The number of terminal acetylenes is 1. The molecule has 0 aliphatic carbocycles. The van der Waals surface area contributed by atoms with Crippen molar-refractivity contribution < 1.29 is 27.3 Å². The van der Waals surface area contributed by atoms with Crippen molar-refractivity contribution in [3.63, 3.8) is 0 Å². The van der Waals surface area contributed by atoms with Gasteiger partial charge >= 0.3 is 11.8 Å². The van der Waals surface area contributed by atoms with Gasteiger partial charge < -0.3 is 9.64 Å². The van der Waals surface area contributed by atoms with Crippen LogP contribution in [0.25, 0.3) is 39.0 Å². The third-order valence-corrected chi connectivity index (χ3v) is 10.7. The molecule has 268 valence electrons. The zero-order chi connectivity index (χ0) is 36.7. The van der Waals surface area contributed by atoms with Gasteiger partial charge in [-0.25, -0.2) is 17.7 Å². The lowest BCUT2D eigenvalue weighted by Crippen LogP contribution is -2.43. The molecule has 3 aromatic heterocycles. The maximum Gasteiger partial charge on any atom is 0.434 e. The Morgan fingerprint density at radius 1 is 1.13 bits per heavy atom. The summed E-state index contributed by atoms with van der Waals surface area (Å²) in [6, 6.07) is 11.7. The largest absolute Gasteiger partial charge is 0.443 e. The molecule has 5 aromatic rings. The summed E-state index contributed by atoms with van der Waals surface area (Å²) in [5.74, 6) is 1.34. The molecule has 8 rings (SSSR count). The number of benzene rings is 2. The Kier molecular flexibility index (Phi) is 9.12. The maximum absolute atomic E-state index is 16.9. The molecule has 12 heteroatoms. The first-order valence-electron chi connectivity index (χ1n) is 17.7. The van der Waals surface area contributed by atoms with Crippen LogP contribution in [0.3, 0.4) is 0 Å². The third-order valence-electron chi connectivity index (χ3n) is 10.7. The molecule has 1 amide bonds. The van der Waals surface area contributed by atoms with Crippen LogP contribution in [-0.2, 0) is 4.79 Å². The van der Waals surface area contributed by atoms with E-state index in [1.807, 2.05) is 18.3 Å². The van der Waals surface area contributed by atoms with Crippen molar-refractivity contribution in [3.05, 3.63) is 89.9 Å². The number of pyridine rings is 2. The van der Waals surface area contributed by atoms with Crippen molar-refractivity contribution in [1.29, 1.82) is 0 Å². The molecule has 9 nitrogen and oxygen atoms in total. The van der Waals surface area contributed by atoms with Crippen LogP contribution in [-0.4, -0.2) is 98.0 Å². The van der Waals surface area contributed by atoms with E-state index in [4.69, 9.17) is 16.1 Å². The summed E-state index contributed by atoms with van der Waals surface area (Å²) in [7, 11) is 1.81. The van der Waals surface area contributed by atoms with E-state index in [0.29, 0.717) is 53.6 Å². The van der Waals surface area contributed by atoms with E-state index < -0.39 is 23.3 Å². The summed E-state index contributed by atoms with van der Waals surface area (Å²) < 4.78 is 54.4. The Labute approximate surface area is 304 Å². The van der Waals surface area contributed by atoms with Gasteiger partial charge in [-0.1, -0.05) is 30.2 Å². The average Bonchev–Trinajstić information content (AvgIpc) is 3.88. The van der Waals surface area contributed by atoms with Gasteiger partial charge in [0.15, 0.2) is 5.82 Å². The molecule has 53 heavy (non-hydrogen) atoms. The smallest absolute Gasteiger partial charge is 0.434 e. The third kappa shape index (κ3) is 6.50. The minimum atomic E-state index is -0.943. The van der Waals surface area contributed by atoms with Gasteiger partial charge in [-0.2, -0.15) is 4.98 Å². The zero-order valence-electron chi connectivity index (χ0n) is 29.2. The van der Waals surface area contributed by atoms with Crippen LogP contribution in [0.2, 0.25) is 0 Å². The molecule has 0 bridgehead atoms. The van der Waals surface area contributed by atoms with E-state index in [2.05, 4.69) is 25.8 Å². The lowest BCUT2D eigenvalue weighted by molar-refractivity contribution is -0.405. The summed E-state index contributed by atoms with van der Waals surface area (Å²) in [4.78, 5) is 34.8. The molecule has 0 radical (unpaired) electrons. The number of rotatable bonds is 8. The fraction of sp³-hybridized carbons (Fsp3) is 0.317. The number of carbonyl (C=O) groups excluding carboxylic acids is 1. The standard InChI is InChI=1S/C41H37F3N7O2/c1-3-30-33(43)10-9-28-6-4-7-31(35(28)30)37-36(44)38-32(21-46-37)39(48-40(47-38)53-25-41-15-5-18-51(41)24-29(42)20-41)49(2)22-27-14-19-50(23-27)34(52)11-8-26-12-16-45-17-13-26/h1,4,6-13,16-17,21-22,27,29H,5,14-15,18-20,23-25H2,2H3/q+1/b11-8+,49-22?/t27?,29-,41?/m1/s1. The summed E-state index contributed by atoms with van der Waals surface area (Å²) >= 11 is 0. The second-order valence-corrected chi connectivity index (χ2v) is 14.1. The first-order chi connectivity index (χ1) is 25.7. The number of hydrogen-bond acceptors (Lipinski definition) is 7. The SMILES string of the molecule is C#Cc1c(F)ccc2cccc(-c3ncc4c([N+](C)=CC5CCN(C(=O)/C=C/c6ccncc6)C5)nc(OCC56CCCN5C[C@H](F)C6)nc4c3F)c12. The Balaban J connectivity index is 1.16. The van der Waals surface area contributed by atoms with Crippen LogP contribution < -0.4 is 4.74 Å². The van der Waals surface area contributed by atoms with E-state index in [0.717, 1.165) is 31.4 Å². The van der Waals surface area contributed by atoms with Crippen molar-refractivity contribution in [3.8, 4) is 29.6 Å². The van der Waals surface area contributed by atoms with Gasteiger partial charge in [0.1, 0.15) is 35.2 Å². The number of fused-ring (bicyclic) bond motifs is 3. The number of aromatic nitrogens is 4. The lowest BCUT2D eigenvalue weighted by atomic mass is 9.95. The number of likely N-dealkylation sites (tertiary alicyclic amines) is 1. The summed E-state index contributed by atoms with van der Waals surface area (Å²) in [5, 5.41) is 1.34. The minimum Gasteiger partial charge on any atom is -0.443 e. The van der Waals surface area contributed by atoms with Gasteiger partial charge in [0.05, 0.1) is 24.4 Å². The van der Waals surface area contributed by atoms with Gasteiger partial charge in [0.25, 0.3) is 0 Å². The molecule has 2 aromatic carbocycles. The van der Waals surface area contributed by atoms with Crippen LogP contribution in [0, 0.1) is 29.9 Å². The highest BCUT2D eigenvalue weighted by Gasteiger charge is 2.49. The molecule has 0 N–H and O–H groups in total. The second kappa shape index (κ2) is 14.0. The molecular weight excluding hydrogens is 679 g/mol. The highest BCUT2D eigenvalue weighted by molar-refractivity contribution is 6.01. The molecule has 0 saturated carbocycles. The molecule has 3 saturated heterocycles. The topological polar surface area (TPSA) is 87.3 Å². The molecule has 3 atom stereocenters. The number of amides is 1. The fourth-order valence-corrected chi connectivity index (χ4v) is 8.13. The number of halogens is 3. The van der Waals surface area contributed by atoms with E-state index in [9.17, 15) is 13.6 Å². The second-order valence-electron chi connectivity index (χ2n) is 14.1. The van der Waals surface area contributed by atoms with Crippen molar-refractivity contribution in [2.24, 2.45) is 5.92 Å². The average molecular weight is 717 g/mol. The molecule has 3 aliphatic rings. The first-order valence-corrected chi connectivity index (χ1v) is 17.7. The Morgan fingerprint density at radius 2 is 1.98 bits per heavy atom. The van der Waals surface area contributed by atoms with Gasteiger partial charge in [0.2, 0.25) is 5.91 Å². The summed E-state index contributed by atoms with van der Waals surface area (Å²) in [6.07, 6.45) is 17.7. The first kappa shape index (κ1) is 34.4. The van der Waals surface area contributed by atoms with Crippen molar-refractivity contribution in [2.75, 3.05) is 39.8 Å². The zero-order valence-corrected chi connectivity index (χ0v) is 29.2. The number of ether oxygens (including phenoxy) is 1. The molecule has 3 fully saturated rings. The van der Waals surface area contributed by atoms with Crippen LogP contribution in [0.1, 0.15) is 36.8 Å². The molecular formula is C41H37F3N7O2+. The summed E-state index contributed by atoms with van der Waals surface area (Å²) in [5.41, 5.74) is 0.671. The van der Waals surface area contributed by atoms with Gasteiger partial charge in [0, 0.05) is 72.6 Å². The monoisotopic (exact) mass is 716 g/mol. The Hall–Kier alpha value is -5.67. The van der Waals surface area contributed by atoms with Crippen LogP contribution in [0.5, 0.6) is 6.01 Å². The normalized spacial score (nSPS) is 21.9. The van der Waals surface area contributed by atoms with Gasteiger partial charge in [-0.3, -0.25) is 19.7 Å². The molecule has 0 spiro atoms. The minimum absolute atomic E-state index is 0.0107. The van der Waals surface area contributed by atoms with Crippen LogP contribution in [0.15, 0.2) is 67.1 Å². The quantitative estimate of drug-likeness (QED) is 0.0800. The highest BCUT2D eigenvalue weighted by Crippen LogP contribution is 2.41. The number of nitrogens with zero attached hydrogens (tertiary/aromatic N) is 7. The van der Waals surface area contributed by atoms with E-state index >= 15 is 4.39 Å². The number of hydrogen-bond donors (Lipinski definition) is 0. The van der Waals surface area contributed by atoms with Gasteiger partial charge in [-0.15, -0.1) is 6.42 Å². The molecule has 2 unspecified atom stereocenters. The molecule has 6 heterocycles. The van der Waals surface area contributed by atoms with E-state index in [1.54, 1.807) is 65.3 Å². The Morgan fingerprint density at radius 3 is 2.81 bits per heavy atom. The molecule has 3 aliphatic heterocycles. The van der Waals surface area contributed by atoms with Crippen molar-refractivity contribution >= 4 is 45.7 Å². The maximum atomic E-state index is 16.9. The number of alkyl halides is 1. The van der Waals surface area contributed by atoms with Crippen LogP contribution in [0.4, 0.5) is 19.0 Å². The lowest BCUT2D eigenvalue weighted by Gasteiger charge is -2.30. The van der Waals surface area contributed by atoms with E-state index in [1.165, 1.54) is 12.3 Å².